The Bertz CT molecular complexity index is 725. The molecule has 0 radical (unpaired) electrons. The second-order valence-electron chi connectivity index (χ2n) is 6.69. The molecular weight excluding hydrogens is 314 g/mol. The lowest BCUT2D eigenvalue weighted by Crippen LogP contribution is -2.44. The smallest absolute Gasteiger partial charge is 0.315 e. The van der Waals surface area contributed by atoms with E-state index in [4.69, 9.17) is 0 Å². The first-order valence-electron chi connectivity index (χ1n) is 8.88. The van der Waals surface area contributed by atoms with Crippen molar-refractivity contribution in [2.24, 2.45) is 7.05 Å². The van der Waals surface area contributed by atoms with Gasteiger partial charge < -0.3 is 15.5 Å². The molecule has 1 aromatic carbocycles. The first-order valence-corrected chi connectivity index (χ1v) is 8.88. The summed E-state index contributed by atoms with van der Waals surface area (Å²) in [7, 11) is 1.95. The van der Waals surface area contributed by atoms with E-state index in [0.29, 0.717) is 6.54 Å². The average molecular weight is 341 g/mol. The first kappa shape index (κ1) is 17.3. The van der Waals surface area contributed by atoms with Crippen molar-refractivity contribution in [3.8, 4) is 0 Å². The van der Waals surface area contributed by atoms with Gasteiger partial charge in [-0.2, -0.15) is 5.10 Å². The van der Waals surface area contributed by atoms with Crippen LogP contribution in [0.4, 0.5) is 10.5 Å². The average Bonchev–Trinajstić information content (AvgIpc) is 3.15. The van der Waals surface area contributed by atoms with Crippen molar-refractivity contribution < 1.29 is 4.79 Å². The molecule has 0 spiro atoms. The molecule has 1 aliphatic rings. The highest BCUT2D eigenvalue weighted by Gasteiger charge is 2.23. The molecule has 2 aromatic rings. The summed E-state index contributed by atoms with van der Waals surface area (Å²) in [4.78, 5) is 14.5. The third-order valence-electron chi connectivity index (χ3n) is 4.96. The molecule has 1 aliphatic heterocycles. The van der Waals surface area contributed by atoms with E-state index >= 15 is 0 Å². The van der Waals surface area contributed by atoms with Gasteiger partial charge >= 0.3 is 6.03 Å². The fourth-order valence-corrected chi connectivity index (χ4v) is 3.47. The van der Waals surface area contributed by atoms with Crippen molar-refractivity contribution in [1.29, 1.82) is 0 Å². The SMILES string of the molecule is Cc1nn(C)c(C)c1CCNC(=O)NC1CCN(c2ccccc2)C1. The minimum Gasteiger partial charge on any atom is -0.369 e. The summed E-state index contributed by atoms with van der Waals surface area (Å²) in [6.45, 7) is 6.53. The summed E-state index contributed by atoms with van der Waals surface area (Å²) in [5, 5.41) is 10.5. The van der Waals surface area contributed by atoms with Crippen LogP contribution in [0.3, 0.4) is 0 Å². The van der Waals surface area contributed by atoms with Gasteiger partial charge in [0, 0.05) is 44.1 Å². The van der Waals surface area contributed by atoms with E-state index in [1.807, 2.05) is 36.9 Å². The maximum absolute atomic E-state index is 12.1. The molecule has 1 aromatic heterocycles. The molecule has 1 fully saturated rings. The molecule has 0 saturated carbocycles. The van der Waals surface area contributed by atoms with Gasteiger partial charge in [0.2, 0.25) is 0 Å². The van der Waals surface area contributed by atoms with Crippen LogP contribution in [-0.4, -0.2) is 41.5 Å². The number of aromatic nitrogens is 2. The molecule has 0 aliphatic carbocycles. The summed E-state index contributed by atoms with van der Waals surface area (Å²) in [6, 6.07) is 10.5. The number of carbonyl (C=O) groups excluding carboxylic acids is 1. The van der Waals surface area contributed by atoms with Gasteiger partial charge in [0.15, 0.2) is 0 Å². The molecule has 1 atom stereocenters. The lowest BCUT2D eigenvalue weighted by molar-refractivity contribution is 0.238. The molecule has 6 heteroatoms. The van der Waals surface area contributed by atoms with Gasteiger partial charge in [-0.25, -0.2) is 4.79 Å². The van der Waals surface area contributed by atoms with Crippen molar-refractivity contribution in [2.75, 3.05) is 24.5 Å². The van der Waals surface area contributed by atoms with Crippen LogP contribution in [0.1, 0.15) is 23.4 Å². The van der Waals surface area contributed by atoms with Crippen molar-refractivity contribution in [1.82, 2.24) is 20.4 Å². The van der Waals surface area contributed by atoms with E-state index in [2.05, 4.69) is 39.7 Å². The Balaban J connectivity index is 1.43. The zero-order valence-electron chi connectivity index (χ0n) is 15.2. The summed E-state index contributed by atoms with van der Waals surface area (Å²) in [5.41, 5.74) is 4.64. The van der Waals surface area contributed by atoms with Gasteiger partial charge in [0.25, 0.3) is 0 Å². The highest BCUT2D eigenvalue weighted by Crippen LogP contribution is 2.19. The van der Waals surface area contributed by atoms with Crippen LogP contribution < -0.4 is 15.5 Å². The normalized spacial score (nSPS) is 16.9. The maximum Gasteiger partial charge on any atom is 0.315 e. The number of aryl methyl sites for hydroxylation is 2. The van der Waals surface area contributed by atoms with Crippen LogP contribution >= 0.6 is 0 Å². The molecule has 1 saturated heterocycles. The summed E-state index contributed by atoms with van der Waals surface area (Å²) in [5.74, 6) is 0. The van der Waals surface area contributed by atoms with Gasteiger partial charge in [0.1, 0.15) is 0 Å². The van der Waals surface area contributed by atoms with Gasteiger partial charge in [-0.05, 0) is 44.4 Å². The van der Waals surface area contributed by atoms with Crippen LogP contribution in [0.15, 0.2) is 30.3 Å². The first-order chi connectivity index (χ1) is 12.0. The maximum atomic E-state index is 12.1. The van der Waals surface area contributed by atoms with Crippen molar-refractivity contribution >= 4 is 11.7 Å². The molecule has 25 heavy (non-hydrogen) atoms. The van der Waals surface area contributed by atoms with E-state index < -0.39 is 0 Å². The Kier molecular flexibility index (Phi) is 5.26. The Morgan fingerprint density at radius 2 is 2.04 bits per heavy atom. The minimum atomic E-state index is -0.0842. The monoisotopic (exact) mass is 341 g/mol. The number of para-hydroxylation sites is 1. The van der Waals surface area contributed by atoms with Crippen molar-refractivity contribution in [3.63, 3.8) is 0 Å². The summed E-state index contributed by atoms with van der Waals surface area (Å²) >= 11 is 0. The predicted molar refractivity (Wildman–Crippen MR) is 100.0 cm³/mol. The molecule has 134 valence electrons. The zero-order valence-corrected chi connectivity index (χ0v) is 15.2. The van der Waals surface area contributed by atoms with Gasteiger partial charge in [-0.1, -0.05) is 18.2 Å². The van der Waals surface area contributed by atoms with Crippen molar-refractivity contribution in [3.05, 3.63) is 47.3 Å². The second-order valence-corrected chi connectivity index (χ2v) is 6.69. The lowest BCUT2D eigenvalue weighted by atomic mass is 10.1. The van der Waals surface area contributed by atoms with Gasteiger partial charge in [-0.15, -0.1) is 0 Å². The lowest BCUT2D eigenvalue weighted by Gasteiger charge is -2.19. The number of carbonyl (C=O) groups is 1. The van der Waals surface area contributed by atoms with Crippen LogP contribution in [0.25, 0.3) is 0 Å². The number of urea groups is 1. The quantitative estimate of drug-likeness (QED) is 0.876. The molecule has 3 rings (SSSR count). The molecule has 2 amide bonds. The third kappa shape index (κ3) is 4.13. The van der Waals surface area contributed by atoms with E-state index in [0.717, 1.165) is 37.3 Å². The minimum absolute atomic E-state index is 0.0842. The second kappa shape index (κ2) is 7.59. The molecule has 2 N–H and O–H groups in total. The standard InChI is InChI=1S/C19H27N5O/c1-14-18(15(2)23(3)22-14)9-11-20-19(25)21-16-10-12-24(13-16)17-7-5-4-6-8-17/h4-8,16H,9-13H2,1-3H3,(H2,20,21,25). The number of benzene rings is 1. The Labute approximate surface area is 149 Å². The topological polar surface area (TPSA) is 62.2 Å². The number of rotatable bonds is 5. The van der Waals surface area contributed by atoms with Crippen LogP contribution in [0, 0.1) is 13.8 Å². The van der Waals surface area contributed by atoms with E-state index in [9.17, 15) is 4.79 Å². The Morgan fingerprint density at radius 3 is 2.72 bits per heavy atom. The van der Waals surface area contributed by atoms with Gasteiger partial charge in [-0.3, -0.25) is 4.68 Å². The number of anilines is 1. The zero-order chi connectivity index (χ0) is 17.8. The molecule has 0 bridgehead atoms. The summed E-state index contributed by atoms with van der Waals surface area (Å²) < 4.78 is 1.89. The van der Waals surface area contributed by atoms with Crippen LogP contribution in [-0.2, 0) is 13.5 Å². The number of hydrogen-bond acceptors (Lipinski definition) is 3. The summed E-state index contributed by atoms with van der Waals surface area (Å²) in [6.07, 6.45) is 1.78. The van der Waals surface area contributed by atoms with E-state index in [-0.39, 0.29) is 12.1 Å². The van der Waals surface area contributed by atoms with E-state index in [1.54, 1.807) is 0 Å². The largest absolute Gasteiger partial charge is 0.369 e. The Morgan fingerprint density at radius 1 is 1.28 bits per heavy atom. The van der Waals surface area contributed by atoms with Crippen LogP contribution in [0.2, 0.25) is 0 Å². The molecular formula is C19H27N5O. The third-order valence-corrected chi connectivity index (χ3v) is 4.96. The number of nitrogens with zero attached hydrogens (tertiary/aromatic N) is 3. The molecule has 2 heterocycles. The van der Waals surface area contributed by atoms with Crippen molar-refractivity contribution in [2.45, 2.75) is 32.7 Å². The Hall–Kier alpha value is -2.50. The molecule has 6 nitrogen and oxygen atoms in total. The number of amides is 2. The van der Waals surface area contributed by atoms with Gasteiger partial charge in [0.05, 0.1) is 5.69 Å². The van der Waals surface area contributed by atoms with Crippen LogP contribution in [0.5, 0.6) is 0 Å². The number of hydrogen-bond donors (Lipinski definition) is 2. The fraction of sp³-hybridized carbons (Fsp3) is 0.474. The molecule has 1 unspecified atom stereocenters. The van der Waals surface area contributed by atoms with E-state index in [1.165, 1.54) is 11.3 Å². The highest BCUT2D eigenvalue weighted by molar-refractivity contribution is 5.74. The fourth-order valence-electron chi connectivity index (χ4n) is 3.47. The predicted octanol–water partition coefficient (Wildman–Crippen LogP) is 2.16. The number of nitrogens with one attached hydrogen (secondary N) is 2. The highest BCUT2D eigenvalue weighted by atomic mass is 16.2.